The van der Waals surface area contributed by atoms with E-state index in [-0.39, 0.29) is 0 Å². The van der Waals surface area contributed by atoms with Crippen molar-refractivity contribution in [2.45, 2.75) is 0 Å². The van der Waals surface area contributed by atoms with Crippen LogP contribution in [-0.2, 0) is 0 Å². The highest BCUT2D eigenvalue weighted by atomic mass is 35.5. The maximum atomic E-state index is 6.37. The zero-order chi connectivity index (χ0) is 19.5. The minimum atomic E-state index is 0.503. The van der Waals surface area contributed by atoms with Gasteiger partial charge < -0.3 is 14.8 Å². The molecule has 4 aromatic rings. The van der Waals surface area contributed by atoms with Crippen molar-refractivity contribution in [1.29, 1.82) is 0 Å². The molecule has 0 saturated heterocycles. The van der Waals surface area contributed by atoms with Crippen LogP contribution < -0.4 is 14.8 Å². The normalized spacial score (nSPS) is 10.7. The van der Waals surface area contributed by atoms with E-state index in [0.717, 1.165) is 10.9 Å². The van der Waals surface area contributed by atoms with E-state index in [4.69, 9.17) is 31.0 Å². The number of aromatic nitrogens is 3. The number of nitrogens with one attached hydrogen (secondary N) is 1. The first-order valence-electron chi connectivity index (χ1n) is 8.56. The SMILES string of the molecule is COc1cc2nc(-c3ccccc3Cl)nc(Nc3ccccn3)c2cc1OC. The lowest BCUT2D eigenvalue weighted by Crippen LogP contribution is -2.02. The molecule has 0 radical (unpaired) electrons. The summed E-state index contributed by atoms with van der Waals surface area (Å²) in [6, 6.07) is 16.7. The number of halogens is 1. The van der Waals surface area contributed by atoms with Crippen LogP contribution in [0.1, 0.15) is 0 Å². The summed E-state index contributed by atoms with van der Waals surface area (Å²) in [6.45, 7) is 0. The predicted molar refractivity (Wildman–Crippen MR) is 111 cm³/mol. The van der Waals surface area contributed by atoms with E-state index in [1.807, 2.05) is 54.6 Å². The molecule has 1 N–H and O–H groups in total. The average molecular weight is 393 g/mol. The molecule has 0 aliphatic carbocycles. The van der Waals surface area contributed by atoms with E-state index in [1.165, 1.54) is 0 Å². The van der Waals surface area contributed by atoms with Gasteiger partial charge in [0.05, 0.1) is 24.8 Å². The molecule has 0 fully saturated rings. The number of hydrogen-bond donors (Lipinski definition) is 1. The lowest BCUT2D eigenvalue weighted by Gasteiger charge is -2.14. The maximum absolute atomic E-state index is 6.37. The number of ether oxygens (including phenoxy) is 2. The minimum absolute atomic E-state index is 0.503. The molecule has 6 nitrogen and oxygen atoms in total. The fraction of sp³-hybridized carbons (Fsp3) is 0.0952. The summed E-state index contributed by atoms with van der Waals surface area (Å²) in [6.07, 6.45) is 1.71. The van der Waals surface area contributed by atoms with E-state index in [0.29, 0.717) is 39.5 Å². The lowest BCUT2D eigenvalue weighted by molar-refractivity contribution is 0.356. The average Bonchev–Trinajstić information content (AvgIpc) is 2.73. The molecule has 2 aromatic carbocycles. The first-order chi connectivity index (χ1) is 13.7. The van der Waals surface area contributed by atoms with Gasteiger partial charge in [-0.3, -0.25) is 0 Å². The minimum Gasteiger partial charge on any atom is -0.493 e. The number of benzene rings is 2. The lowest BCUT2D eigenvalue weighted by atomic mass is 10.1. The molecule has 0 spiro atoms. The number of methoxy groups -OCH3 is 2. The Bertz CT molecular complexity index is 1140. The Morgan fingerprint density at radius 1 is 0.893 bits per heavy atom. The van der Waals surface area contributed by atoms with Crippen LogP contribution in [0.4, 0.5) is 11.6 Å². The molecule has 0 saturated carbocycles. The molecule has 7 heteroatoms. The molecule has 2 heterocycles. The summed E-state index contributed by atoms with van der Waals surface area (Å²) in [5.41, 5.74) is 1.44. The summed E-state index contributed by atoms with van der Waals surface area (Å²) >= 11 is 6.37. The van der Waals surface area contributed by atoms with Crippen LogP contribution >= 0.6 is 11.6 Å². The highest BCUT2D eigenvalue weighted by molar-refractivity contribution is 6.33. The number of nitrogens with zero attached hydrogens (tertiary/aromatic N) is 3. The zero-order valence-electron chi connectivity index (χ0n) is 15.3. The Kier molecular flexibility index (Phi) is 4.95. The summed E-state index contributed by atoms with van der Waals surface area (Å²) in [5.74, 6) is 2.95. The van der Waals surface area contributed by atoms with Gasteiger partial charge in [0.15, 0.2) is 17.3 Å². The third-order valence-corrected chi connectivity index (χ3v) is 4.56. The highest BCUT2D eigenvalue weighted by Crippen LogP contribution is 2.36. The van der Waals surface area contributed by atoms with Crippen LogP contribution in [0.15, 0.2) is 60.8 Å². The Hall–Kier alpha value is -3.38. The van der Waals surface area contributed by atoms with Crippen LogP contribution in [-0.4, -0.2) is 29.2 Å². The van der Waals surface area contributed by atoms with Crippen LogP contribution in [0, 0.1) is 0 Å². The Labute approximate surface area is 167 Å². The van der Waals surface area contributed by atoms with E-state index in [9.17, 15) is 0 Å². The van der Waals surface area contributed by atoms with E-state index in [2.05, 4.69) is 10.3 Å². The van der Waals surface area contributed by atoms with Crippen molar-refractivity contribution in [2.24, 2.45) is 0 Å². The third-order valence-electron chi connectivity index (χ3n) is 4.23. The van der Waals surface area contributed by atoms with Gasteiger partial charge in [-0.2, -0.15) is 0 Å². The largest absolute Gasteiger partial charge is 0.493 e. The van der Waals surface area contributed by atoms with E-state index in [1.54, 1.807) is 20.4 Å². The Balaban J connectivity index is 1.96. The summed E-state index contributed by atoms with van der Waals surface area (Å²) < 4.78 is 10.9. The second-order valence-electron chi connectivity index (χ2n) is 5.94. The van der Waals surface area contributed by atoms with Gasteiger partial charge in [0.25, 0.3) is 0 Å². The molecular formula is C21H17ClN4O2. The smallest absolute Gasteiger partial charge is 0.163 e. The van der Waals surface area contributed by atoms with Crippen LogP contribution in [0.2, 0.25) is 5.02 Å². The van der Waals surface area contributed by atoms with E-state index < -0.39 is 0 Å². The number of hydrogen-bond acceptors (Lipinski definition) is 6. The van der Waals surface area contributed by atoms with Gasteiger partial charge in [-0.25, -0.2) is 15.0 Å². The number of rotatable bonds is 5. The topological polar surface area (TPSA) is 69.2 Å². The summed E-state index contributed by atoms with van der Waals surface area (Å²) in [7, 11) is 3.18. The van der Waals surface area contributed by atoms with Crippen molar-refractivity contribution in [3.05, 3.63) is 65.8 Å². The molecule has 28 heavy (non-hydrogen) atoms. The van der Waals surface area contributed by atoms with Crippen molar-refractivity contribution in [1.82, 2.24) is 15.0 Å². The fourth-order valence-corrected chi connectivity index (χ4v) is 3.09. The van der Waals surface area contributed by atoms with Gasteiger partial charge in [-0.1, -0.05) is 29.8 Å². The Morgan fingerprint density at radius 2 is 1.64 bits per heavy atom. The first-order valence-corrected chi connectivity index (χ1v) is 8.94. The molecule has 0 bridgehead atoms. The first kappa shape index (κ1) is 18.0. The quantitative estimate of drug-likeness (QED) is 0.509. The molecule has 0 amide bonds. The fourth-order valence-electron chi connectivity index (χ4n) is 2.87. The number of pyridine rings is 1. The number of anilines is 2. The molecule has 0 aliphatic rings. The van der Waals surface area contributed by atoms with Crippen LogP contribution in [0.5, 0.6) is 11.5 Å². The van der Waals surface area contributed by atoms with Crippen molar-refractivity contribution in [3.63, 3.8) is 0 Å². The monoisotopic (exact) mass is 392 g/mol. The second kappa shape index (κ2) is 7.70. The van der Waals surface area contributed by atoms with Crippen molar-refractivity contribution in [3.8, 4) is 22.9 Å². The maximum Gasteiger partial charge on any atom is 0.163 e. The highest BCUT2D eigenvalue weighted by Gasteiger charge is 2.16. The standard InChI is InChI=1S/C21H17ClN4O2/c1-27-17-11-14-16(12-18(17)28-2)24-20(13-7-3-4-8-15(13)22)26-21(14)25-19-9-5-6-10-23-19/h3-12H,1-2H3,(H,23,24,25,26). The Morgan fingerprint density at radius 3 is 2.36 bits per heavy atom. The third kappa shape index (κ3) is 3.42. The van der Waals surface area contributed by atoms with Gasteiger partial charge in [0, 0.05) is 23.2 Å². The molecule has 0 atom stereocenters. The van der Waals surface area contributed by atoms with Crippen LogP contribution in [0.3, 0.4) is 0 Å². The molecule has 0 unspecified atom stereocenters. The second-order valence-corrected chi connectivity index (χ2v) is 6.35. The van der Waals surface area contributed by atoms with E-state index >= 15 is 0 Å². The predicted octanol–water partition coefficient (Wildman–Crippen LogP) is 5.11. The molecule has 140 valence electrons. The molecule has 4 rings (SSSR count). The van der Waals surface area contributed by atoms with Gasteiger partial charge in [0.2, 0.25) is 0 Å². The number of fused-ring (bicyclic) bond motifs is 1. The van der Waals surface area contributed by atoms with Crippen molar-refractivity contribution in [2.75, 3.05) is 19.5 Å². The van der Waals surface area contributed by atoms with Gasteiger partial charge in [0.1, 0.15) is 11.6 Å². The molecular weight excluding hydrogens is 376 g/mol. The van der Waals surface area contributed by atoms with Gasteiger partial charge >= 0.3 is 0 Å². The zero-order valence-corrected chi connectivity index (χ0v) is 16.1. The summed E-state index contributed by atoms with van der Waals surface area (Å²) in [5, 5.41) is 4.62. The summed E-state index contributed by atoms with van der Waals surface area (Å²) in [4.78, 5) is 13.7. The van der Waals surface area contributed by atoms with Crippen molar-refractivity contribution >= 4 is 34.1 Å². The molecule has 0 aliphatic heterocycles. The van der Waals surface area contributed by atoms with Crippen molar-refractivity contribution < 1.29 is 9.47 Å². The van der Waals surface area contributed by atoms with Gasteiger partial charge in [-0.15, -0.1) is 0 Å². The van der Waals surface area contributed by atoms with Gasteiger partial charge in [-0.05, 0) is 30.3 Å². The molecule has 2 aromatic heterocycles. The van der Waals surface area contributed by atoms with Crippen LogP contribution in [0.25, 0.3) is 22.3 Å².